The molecule has 0 N–H and O–H groups in total. The largest absolute Gasteiger partial charge is 0.309 e. The highest BCUT2D eigenvalue weighted by molar-refractivity contribution is 7.26. The Morgan fingerprint density at radius 2 is 1.02 bits per heavy atom. The molecule has 0 unspecified atom stereocenters. The number of para-hydroxylation sites is 2. The molecule has 252 valence electrons. The molecule has 0 atom stereocenters. The topological polar surface area (TPSA) is 43.6 Å². The van der Waals surface area contributed by atoms with Crippen molar-refractivity contribution >= 4 is 64.2 Å². The van der Waals surface area contributed by atoms with Crippen LogP contribution in [-0.4, -0.2) is 19.5 Å². The lowest BCUT2D eigenvalue weighted by atomic mass is 10.0. The van der Waals surface area contributed by atoms with Gasteiger partial charge in [0.25, 0.3) is 0 Å². The van der Waals surface area contributed by atoms with E-state index in [1.807, 2.05) is 17.4 Å². The summed E-state index contributed by atoms with van der Waals surface area (Å²) in [5, 5.41) is 6.05. The summed E-state index contributed by atoms with van der Waals surface area (Å²) in [6.45, 7) is 0. The predicted octanol–water partition coefficient (Wildman–Crippen LogP) is 13.2. The molecular weight excluding hydrogens is 677 g/mol. The molecule has 0 saturated carbocycles. The molecule has 0 radical (unpaired) electrons. The van der Waals surface area contributed by atoms with Crippen LogP contribution < -0.4 is 0 Å². The first-order chi connectivity index (χ1) is 26.8. The van der Waals surface area contributed by atoms with Gasteiger partial charge in [0, 0.05) is 64.3 Å². The van der Waals surface area contributed by atoms with Crippen LogP contribution in [-0.2, 0) is 0 Å². The Labute approximate surface area is 315 Å². The molecule has 0 amide bonds. The van der Waals surface area contributed by atoms with Crippen molar-refractivity contribution in [2.45, 2.75) is 0 Å². The molecule has 54 heavy (non-hydrogen) atoms. The maximum Gasteiger partial charge on any atom is 0.160 e. The molecule has 0 fully saturated rings. The fraction of sp³-hybridized carbons (Fsp3) is 0. The summed E-state index contributed by atoms with van der Waals surface area (Å²) in [6, 6.07) is 64.1. The lowest BCUT2D eigenvalue weighted by molar-refractivity contribution is 1.16. The van der Waals surface area contributed by atoms with Crippen molar-refractivity contribution in [3.8, 4) is 50.8 Å². The van der Waals surface area contributed by atoms with E-state index < -0.39 is 0 Å². The molecule has 0 aliphatic rings. The minimum absolute atomic E-state index is 0.662. The van der Waals surface area contributed by atoms with Gasteiger partial charge >= 0.3 is 0 Å². The average Bonchev–Trinajstić information content (AvgIpc) is 3.80. The van der Waals surface area contributed by atoms with Crippen LogP contribution in [0, 0.1) is 0 Å². The Morgan fingerprint density at radius 1 is 0.407 bits per heavy atom. The van der Waals surface area contributed by atoms with E-state index in [-0.39, 0.29) is 0 Å². The SMILES string of the molecule is c1ccc(-c2cc(-c3cccc(-n4c5ccccc5c5ccccc54)c3)nc(-c3ccc4c(c3)nc(-c3ccccc3)c3c5ccccc5sc43)n2)cc1. The van der Waals surface area contributed by atoms with Gasteiger partial charge < -0.3 is 4.57 Å². The summed E-state index contributed by atoms with van der Waals surface area (Å²) in [7, 11) is 0. The van der Waals surface area contributed by atoms with E-state index in [0.29, 0.717) is 5.82 Å². The third-order valence-corrected chi connectivity index (χ3v) is 11.6. The van der Waals surface area contributed by atoms with E-state index in [0.717, 1.165) is 55.9 Å². The summed E-state index contributed by atoms with van der Waals surface area (Å²) in [4.78, 5) is 15.9. The molecule has 11 aromatic rings. The molecular formula is C49H30N4S. The minimum atomic E-state index is 0.662. The van der Waals surface area contributed by atoms with Gasteiger partial charge in [-0.2, -0.15) is 0 Å². The predicted molar refractivity (Wildman–Crippen MR) is 226 cm³/mol. The highest BCUT2D eigenvalue weighted by Crippen LogP contribution is 2.43. The van der Waals surface area contributed by atoms with Crippen LogP contribution in [0.1, 0.15) is 0 Å². The molecule has 4 aromatic heterocycles. The molecule has 4 heterocycles. The number of thiophene rings is 1. The number of benzene rings is 7. The van der Waals surface area contributed by atoms with Crippen molar-refractivity contribution in [1.82, 2.24) is 19.5 Å². The number of hydrogen-bond donors (Lipinski definition) is 0. The Kier molecular flexibility index (Phi) is 7.00. The number of fused-ring (bicyclic) bond motifs is 8. The van der Waals surface area contributed by atoms with Crippen molar-refractivity contribution in [2.75, 3.05) is 0 Å². The molecule has 11 rings (SSSR count). The maximum absolute atomic E-state index is 5.38. The van der Waals surface area contributed by atoms with Crippen molar-refractivity contribution < 1.29 is 0 Å². The lowest BCUT2D eigenvalue weighted by Gasteiger charge is -2.13. The molecule has 7 aromatic carbocycles. The summed E-state index contributed by atoms with van der Waals surface area (Å²) in [5.74, 6) is 0.662. The van der Waals surface area contributed by atoms with Gasteiger partial charge in [-0.15, -0.1) is 11.3 Å². The summed E-state index contributed by atoms with van der Waals surface area (Å²) in [5.41, 5.74) is 11.2. The maximum atomic E-state index is 5.38. The second-order valence-corrected chi connectivity index (χ2v) is 14.7. The number of pyridine rings is 1. The van der Waals surface area contributed by atoms with Crippen LogP contribution in [0.3, 0.4) is 0 Å². The van der Waals surface area contributed by atoms with Crippen molar-refractivity contribution in [2.24, 2.45) is 0 Å². The molecule has 5 heteroatoms. The highest BCUT2D eigenvalue weighted by atomic mass is 32.1. The van der Waals surface area contributed by atoms with Crippen molar-refractivity contribution in [3.05, 3.63) is 182 Å². The third kappa shape index (κ3) is 4.94. The van der Waals surface area contributed by atoms with E-state index in [2.05, 4.69) is 180 Å². The first-order valence-electron chi connectivity index (χ1n) is 18.1. The van der Waals surface area contributed by atoms with E-state index in [9.17, 15) is 0 Å². The zero-order chi connectivity index (χ0) is 35.6. The Bertz CT molecular complexity index is 3160. The van der Waals surface area contributed by atoms with Gasteiger partial charge in [0.1, 0.15) is 0 Å². The normalized spacial score (nSPS) is 11.7. The number of hydrogen-bond acceptors (Lipinski definition) is 4. The van der Waals surface area contributed by atoms with Gasteiger partial charge in [-0.05, 0) is 42.5 Å². The van der Waals surface area contributed by atoms with Crippen LogP contribution in [0.25, 0.3) is 104 Å². The molecule has 0 bridgehead atoms. The fourth-order valence-corrected chi connectivity index (χ4v) is 9.13. The smallest absolute Gasteiger partial charge is 0.160 e. The van der Waals surface area contributed by atoms with Gasteiger partial charge in [0.05, 0.1) is 33.6 Å². The van der Waals surface area contributed by atoms with Crippen LogP contribution in [0.5, 0.6) is 0 Å². The molecule has 0 aliphatic carbocycles. The fourth-order valence-electron chi connectivity index (χ4n) is 7.89. The van der Waals surface area contributed by atoms with Gasteiger partial charge in [-0.3, -0.25) is 0 Å². The molecule has 4 nitrogen and oxygen atoms in total. The van der Waals surface area contributed by atoms with Crippen LogP contribution in [0.4, 0.5) is 0 Å². The lowest BCUT2D eigenvalue weighted by Crippen LogP contribution is -1.98. The first kappa shape index (κ1) is 30.7. The zero-order valence-electron chi connectivity index (χ0n) is 29.0. The second kappa shape index (κ2) is 12.3. The van der Waals surface area contributed by atoms with Crippen LogP contribution in [0.15, 0.2) is 182 Å². The number of rotatable bonds is 5. The molecule has 0 saturated heterocycles. The van der Waals surface area contributed by atoms with E-state index in [4.69, 9.17) is 15.0 Å². The van der Waals surface area contributed by atoms with Crippen molar-refractivity contribution in [3.63, 3.8) is 0 Å². The standard InChI is InChI=1S/C49H30N4S/c1-3-14-31(15-4-1)40-30-41(33-18-13-19-35(28-33)53-43-23-10-7-20-36(43)37-21-8-11-24-44(37)53)52-49(51-40)34-26-27-38-42(29-34)50-47(32-16-5-2-6-17-32)46-39-22-9-12-25-45(39)54-48(38)46/h1-30H. The first-order valence-corrected chi connectivity index (χ1v) is 18.9. The summed E-state index contributed by atoms with van der Waals surface area (Å²) < 4.78 is 4.85. The Morgan fingerprint density at radius 3 is 1.76 bits per heavy atom. The third-order valence-electron chi connectivity index (χ3n) is 10.4. The molecule has 0 spiro atoms. The number of nitrogens with zero attached hydrogens (tertiary/aromatic N) is 4. The van der Waals surface area contributed by atoms with E-state index in [1.54, 1.807) is 0 Å². The van der Waals surface area contributed by atoms with E-state index in [1.165, 1.54) is 42.0 Å². The average molecular weight is 707 g/mol. The van der Waals surface area contributed by atoms with Gasteiger partial charge in [0.2, 0.25) is 0 Å². The monoisotopic (exact) mass is 706 g/mol. The Balaban J connectivity index is 1.11. The van der Waals surface area contributed by atoms with Gasteiger partial charge in [0.15, 0.2) is 5.82 Å². The summed E-state index contributed by atoms with van der Waals surface area (Å²) >= 11 is 1.83. The quantitative estimate of drug-likeness (QED) is 0.179. The Hall–Kier alpha value is -6.95. The van der Waals surface area contributed by atoms with E-state index >= 15 is 0 Å². The molecule has 0 aliphatic heterocycles. The van der Waals surface area contributed by atoms with Gasteiger partial charge in [-0.25, -0.2) is 15.0 Å². The summed E-state index contributed by atoms with van der Waals surface area (Å²) in [6.07, 6.45) is 0. The highest BCUT2D eigenvalue weighted by Gasteiger charge is 2.19. The zero-order valence-corrected chi connectivity index (χ0v) is 29.8. The minimum Gasteiger partial charge on any atom is -0.309 e. The van der Waals surface area contributed by atoms with Crippen LogP contribution >= 0.6 is 11.3 Å². The van der Waals surface area contributed by atoms with Crippen LogP contribution in [0.2, 0.25) is 0 Å². The number of aromatic nitrogens is 4. The second-order valence-electron chi connectivity index (χ2n) is 13.6. The van der Waals surface area contributed by atoms with Gasteiger partial charge in [-0.1, -0.05) is 140 Å². The van der Waals surface area contributed by atoms with Crippen molar-refractivity contribution in [1.29, 1.82) is 0 Å².